The molecule has 5 heteroatoms. The average molecular weight is 296 g/mol. The minimum atomic E-state index is -3.37. The second-order valence-electron chi connectivity index (χ2n) is 5.69. The lowest BCUT2D eigenvalue weighted by molar-refractivity contribution is 0.298. The van der Waals surface area contributed by atoms with Crippen LogP contribution in [0.5, 0.6) is 0 Å². The molecule has 1 heterocycles. The number of hydrogen-bond donors (Lipinski definition) is 1. The number of piperidine rings is 1. The van der Waals surface area contributed by atoms with E-state index in [9.17, 15) is 8.42 Å². The predicted octanol–water partition coefficient (Wildman–Crippen LogP) is 1.98. The van der Waals surface area contributed by atoms with Gasteiger partial charge in [-0.1, -0.05) is 17.7 Å². The Hall–Kier alpha value is -0.910. The number of sulfonamides is 1. The maximum absolute atomic E-state index is 12.8. The van der Waals surface area contributed by atoms with E-state index in [1.807, 2.05) is 40.0 Å². The maximum Gasteiger partial charge on any atom is 0.243 e. The average Bonchev–Trinajstić information content (AvgIpc) is 2.37. The van der Waals surface area contributed by atoms with Crippen molar-refractivity contribution in [1.29, 1.82) is 0 Å². The molecule has 0 aliphatic carbocycles. The molecule has 0 amide bonds. The van der Waals surface area contributed by atoms with Crippen molar-refractivity contribution in [2.75, 3.05) is 20.1 Å². The van der Waals surface area contributed by atoms with E-state index >= 15 is 0 Å². The summed E-state index contributed by atoms with van der Waals surface area (Å²) >= 11 is 0. The van der Waals surface area contributed by atoms with Crippen LogP contribution in [0.25, 0.3) is 0 Å². The lowest BCUT2D eigenvalue weighted by atomic mass is 10.1. The summed E-state index contributed by atoms with van der Waals surface area (Å²) in [4.78, 5) is 0.492. The molecule has 4 nitrogen and oxygen atoms in total. The van der Waals surface area contributed by atoms with Gasteiger partial charge >= 0.3 is 0 Å². The Morgan fingerprint density at radius 1 is 1.10 bits per heavy atom. The van der Waals surface area contributed by atoms with Crippen molar-refractivity contribution in [2.24, 2.45) is 0 Å². The summed E-state index contributed by atoms with van der Waals surface area (Å²) in [7, 11) is -1.43. The van der Waals surface area contributed by atoms with Crippen LogP contribution < -0.4 is 5.32 Å². The Morgan fingerprint density at radius 2 is 1.60 bits per heavy atom. The van der Waals surface area contributed by atoms with Crippen LogP contribution in [0, 0.1) is 20.8 Å². The molecule has 0 saturated carbocycles. The van der Waals surface area contributed by atoms with Crippen LogP contribution in [-0.4, -0.2) is 38.9 Å². The smallest absolute Gasteiger partial charge is 0.243 e. The fourth-order valence-corrected chi connectivity index (χ4v) is 4.97. The fraction of sp³-hybridized carbons (Fsp3) is 0.600. The minimum absolute atomic E-state index is 0.432. The first-order chi connectivity index (χ1) is 9.36. The predicted molar refractivity (Wildman–Crippen MR) is 81.5 cm³/mol. The van der Waals surface area contributed by atoms with Crippen molar-refractivity contribution in [3.8, 4) is 0 Å². The molecule has 1 fully saturated rings. The van der Waals surface area contributed by atoms with Gasteiger partial charge in [0.1, 0.15) is 0 Å². The summed E-state index contributed by atoms with van der Waals surface area (Å²) < 4.78 is 27.3. The summed E-state index contributed by atoms with van der Waals surface area (Å²) in [5.74, 6) is 0. The molecular weight excluding hydrogens is 272 g/mol. The van der Waals surface area contributed by atoms with E-state index in [2.05, 4.69) is 5.32 Å². The second kappa shape index (κ2) is 5.84. The zero-order valence-electron chi connectivity index (χ0n) is 12.7. The Kier molecular flexibility index (Phi) is 4.52. The van der Waals surface area contributed by atoms with Crippen LogP contribution in [0.2, 0.25) is 0 Å². The van der Waals surface area contributed by atoms with Crippen LogP contribution >= 0.6 is 0 Å². The van der Waals surface area contributed by atoms with E-state index in [0.29, 0.717) is 24.0 Å². The fourth-order valence-electron chi connectivity index (χ4n) is 3.09. The van der Waals surface area contributed by atoms with Crippen LogP contribution in [0.1, 0.15) is 29.5 Å². The number of nitrogens with zero attached hydrogens (tertiary/aromatic N) is 1. The van der Waals surface area contributed by atoms with Gasteiger partial charge in [-0.2, -0.15) is 4.31 Å². The third-order valence-corrected chi connectivity index (χ3v) is 6.27. The lowest BCUT2D eigenvalue weighted by Gasteiger charge is -2.31. The summed E-state index contributed by atoms with van der Waals surface area (Å²) in [5, 5.41) is 3.22. The molecular formula is C15H24N2O2S. The molecule has 0 aromatic heterocycles. The van der Waals surface area contributed by atoms with Gasteiger partial charge in [0, 0.05) is 19.1 Å². The Morgan fingerprint density at radius 3 is 2.05 bits per heavy atom. The molecule has 1 saturated heterocycles. The van der Waals surface area contributed by atoms with Crippen LogP contribution in [-0.2, 0) is 10.0 Å². The summed E-state index contributed by atoms with van der Waals surface area (Å²) in [6, 6.07) is 4.32. The monoisotopic (exact) mass is 296 g/mol. The first kappa shape index (κ1) is 15.5. The number of benzene rings is 1. The van der Waals surface area contributed by atoms with Gasteiger partial charge in [0.25, 0.3) is 0 Å². The minimum Gasteiger partial charge on any atom is -0.317 e. The van der Waals surface area contributed by atoms with E-state index in [1.165, 1.54) is 0 Å². The molecule has 1 aliphatic heterocycles. The van der Waals surface area contributed by atoms with Crippen molar-refractivity contribution in [2.45, 2.75) is 44.6 Å². The van der Waals surface area contributed by atoms with E-state index in [-0.39, 0.29) is 0 Å². The molecule has 0 bridgehead atoms. The third kappa shape index (κ3) is 2.90. The first-order valence-electron chi connectivity index (χ1n) is 7.11. The van der Waals surface area contributed by atoms with E-state index in [0.717, 1.165) is 29.5 Å². The van der Waals surface area contributed by atoms with E-state index < -0.39 is 10.0 Å². The molecule has 1 aromatic rings. The van der Waals surface area contributed by atoms with Crippen molar-refractivity contribution >= 4 is 10.0 Å². The van der Waals surface area contributed by atoms with Gasteiger partial charge in [-0.3, -0.25) is 0 Å². The van der Waals surface area contributed by atoms with Crippen molar-refractivity contribution in [3.05, 3.63) is 28.8 Å². The molecule has 0 radical (unpaired) electrons. The number of nitrogens with one attached hydrogen (secondary N) is 1. The van der Waals surface area contributed by atoms with Crippen molar-refractivity contribution in [3.63, 3.8) is 0 Å². The highest BCUT2D eigenvalue weighted by Gasteiger charge is 2.31. The molecule has 1 aromatic carbocycles. The Labute approximate surface area is 122 Å². The highest BCUT2D eigenvalue weighted by molar-refractivity contribution is 7.89. The number of rotatable bonds is 3. The quantitative estimate of drug-likeness (QED) is 0.928. The van der Waals surface area contributed by atoms with E-state index in [4.69, 9.17) is 0 Å². The van der Waals surface area contributed by atoms with Gasteiger partial charge in [0.15, 0.2) is 0 Å². The summed E-state index contributed by atoms with van der Waals surface area (Å²) in [5.41, 5.74) is 2.80. The van der Waals surface area contributed by atoms with Gasteiger partial charge < -0.3 is 5.32 Å². The van der Waals surface area contributed by atoms with E-state index in [1.54, 1.807) is 4.31 Å². The lowest BCUT2D eigenvalue weighted by Crippen LogP contribution is -2.44. The first-order valence-corrected chi connectivity index (χ1v) is 8.55. The Bertz CT molecular complexity index is 565. The highest BCUT2D eigenvalue weighted by Crippen LogP contribution is 2.27. The maximum atomic E-state index is 12.8. The number of hydrogen-bond acceptors (Lipinski definition) is 3. The summed E-state index contributed by atoms with van der Waals surface area (Å²) in [6.45, 7) is 6.95. The molecule has 0 spiro atoms. The third-order valence-electron chi connectivity index (χ3n) is 4.06. The van der Waals surface area contributed by atoms with Crippen LogP contribution in [0.15, 0.2) is 17.0 Å². The standard InChI is InChI=1S/C15H24N2O2S/c1-11-9-12(2)15(13(3)10-11)20(18,19)17-7-5-14(16-4)6-8-17/h9-10,14,16H,5-8H2,1-4H3. The number of aryl methyl sites for hydroxylation is 3. The van der Waals surface area contributed by atoms with Crippen molar-refractivity contribution in [1.82, 2.24) is 9.62 Å². The molecule has 20 heavy (non-hydrogen) atoms. The van der Waals surface area contributed by atoms with Gasteiger partial charge in [0.2, 0.25) is 10.0 Å². The second-order valence-corrected chi connectivity index (χ2v) is 7.57. The normalized spacial score (nSPS) is 18.4. The molecule has 2 rings (SSSR count). The summed E-state index contributed by atoms with van der Waals surface area (Å²) in [6.07, 6.45) is 1.75. The van der Waals surface area contributed by atoms with Crippen LogP contribution in [0.3, 0.4) is 0 Å². The zero-order valence-corrected chi connectivity index (χ0v) is 13.5. The topological polar surface area (TPSA) is 49.4 Å². The highest BCUT2D eigenvalue weighted by atomic mass is 32.2. The molecule has 1 N–H and O–H groups in total. The SMILES string of the molecule is CNC1CCN(S(=O)(=O)c2c(C)cc(C)cc2C)CC1. The largest absolute Gasteiger partial charge is 0.317 e. The molecule has 0 atom stereocenters. The van der Waals surface area contributed by atoms with Gasteiger partial charge in [0.05, 0.1) is 4.90 Å². The van der Waals surface area contributed by atoms with Crippen molar-refractivity contribution < 1.29 is 8.42 Å². The van der Waals surface area contributed by atoms with Gasteiger partial charge in [-0.05, 0) is 51.8 Å². The van der Waals surface area contributed by atoms with Crippen LogP contribution in [0.4, 0.5) is 0 Å². The molecule has 112 valence electrons. The Balaban J connectivity index is 2.32. The molecule has 0 unspecified atom stereocenters. The van der Waals surface area contributed by atoms with Gasteiger partial charge in [-0.15, -0.1) is 0 Å². The van der Waals surface area contributed by atoms with Gasteiger partial charge in [-0.25, -0.2) is 8.42 Å². The zero-order chi connectivity index (χ0) is 14.9. The molecule has 1 aliphatic rings.